The van der Waals surface area contributed by atoms with Crippen LogP contribution >= 0.6 is 0 Å². The predicted molar refractivity (Wildman–Crippen MR) is 71.7 cm³/mol. The number of esters is 2. The van der Waals surface area contributed by atoms with Crippen LogP contribution in [0.4, 0.5) is 0 Å². The van der Waals surface area contributed by atoms with Gasteiger partial charge in [0.2, 0.25) is 0 Å². The van der Waals surface area contributed by atoms with Gasteiger partial charge in [-0.05, 0) is 30.2 Å². The number of ether oxygens (including phenoxy) is 2. The molecule has 0 aliphatic carbocycles. The molecule has 102 valence electrons. The zero-order valence-electron chi connectivity index (χ0n) is 11.2. The highest BCUT2D eigenvalue weighted by Crippen LogP contribution is 2.22. The number of carbonyl (C=O) groups excluding carboxylic acids is 2. The van der Waals surface area contributed by atoms with Crippen LogP contribution in [0.2, 0.25) is 0 Å². The molecule has 0 radical (unpaired) electrons. The Hall–Kier alpha value is -2.10. The molecule has 0 saturated carbocycles. The van der Waals surface area contributed by atoms with Gasteiger partial charge >= 0.3 is 11.9 Å². The van der Waals surface area contributed by atoms with Crippen molar-refractivity contribution in [2.45, 2.75) is 32.8 Å². The SMILES string of the molecule is C=C[C@H](OC(=O)CCC)c1ccc(OC(C)=O)cc1. The number of hydrogen-bond donors (Lipinski definition) is 0. The maximum Gasteiger partial charge on any atom is 0.308 e. The molecule has 4 nitrogen and oxygen atoms in total. The molecule has 0 spiro atoms. The fraction of sp³-hybridized carbons (Fsp3) is 0.333. The summed E-state index contributed by atoms with van der Waals surface area (Å²) in [5.74, 6) is -0.169. The minimum atomic E-state index is -0.481. The van der Waals surface area contributed by atoms with Crippen LogP contribution in [0, 0.1) is 0 Å². The summed E-state index contributed by atoms with van der Waals surface area (Å²) in [7, 11) is 0. The lowest BCUT2D eigenvalue weighted by atomic mass is 10.1. The third-order valence-corrected chi connectivity index (χ3v) is 2.40. The standard InChI is InChI=1S/C15H18O4/c1-4-6-15(17)19-14(5-2)12-7-9-13(10-8-12)18-11(3)16/h5,7-10,14H,2,4,6H2,1,3H3/t14-/m0/s1. The molecule has 0 aliphatic heterocycles. The molecule has 1 atom stereocenters. The van der Waals surface area contributed by atoms with Crippen molar-refractivity contribution in [3.63, 3.8) is 0 Å². The second kappa shape index (κ2) is 7.36. The minimum Gasteiger partial charge on any atom is -0.453 e. The third kappa shape index (κ3) is 4.95. The van der Waals surface area contributed by atoms with Gasteiger partial charge in [0, 0.05) is 13.3 Å². The van der Waals surface area contributed by atoms with E-state index in [0.29, 0.717) is 12.2 Å². The first kappa shape index (κ1) is 15.0. The molecule has 0 saturated heterocycles. The molecule has 19 heavy (non-hydrogen) atoms. The molecule has 4 heteroatoms. The molecule has 1 aromatic carbocycles. The van der Waals surface area contributed by atoms with E-state index in [-0.39, 0.29) is 11.9 Å². The van der Waals surface area contributed by atoms with Crippen LogP contribution < -0.4 is 4.74 Å². The Morgan fingerprint density at radius 2 is 1.95 bits per heavy atom. The Labute approximate surface area is 113 Å². The summed E-state index contributed by atoms with van der Waals surface area (Å²) < 4.78 is 10.2. The zero-order chi connectivity index (χ0) is 14.3. The van der Waals surface area contributed by atoms with Gasteiger partial charge < -0.3 is 9.47 Å². The molecule has 1 rings (SSSR count). The molecule has 0 fully saturated rings. The van der Waals surface area contributed by atoms with Crippen molar-refractivity contribution in [3.8, 4) is 5.75 Å². The summed E-state index contributed by atoms with van der Waals surface area (Å²) in [6, 6.07) is 6.79. The normalized spacial score (nSPS) is 11.5. The van der Waals surface area contributed by atoms with Crippen molar-refractivity contribution in [3.05, 3.63) is 42.5 Å². The summed E-state index contributed by atoms with van der Waals surface area (Å²) in [4.78, 5) is 22.3. The lowest BCUT2D eigenvalue weighted by Gasteiger charge is -2.14. The third-order valence-electron chi connectivity index (χ3n) is 2.40. The van der Waals surface area contributed by atoms with Crippen molar-refractivity contribution in [1.82, 2.24) is 0 Å². The summed E-state index contributed by atoms with van der Waals surface area (Å²) in [5, 5.41) is 0. The van der Waals surface area contributed by atoms with Gasteiger partial charge in [-0.25, -0.2) is 0 Å². The Bertz CT molecular complexity index is 448. The second-order valence-electron chi connectivity index (χ2n) is 4.06. The summed E-state index contributed by atoms with van der Waals surface area (Å²) >= 11 is 0. The summed E-state index contributed by atoms with van der Waals surface area (Å²) in [5.41, 5.74) is 0.787. The monoisotopic (exact) mass is 262 g/mol. The lowest BCUT2D eigenvalue weighted by molar-refractivity contribution is -0.147. The van der Waals surface area contributed by atoms with Gasteiger partial charge in [0.05, 0.1) is 0 Å². The Balaban J connectivity index is 2.73. The first-order chi connectivity index (χ1) is 9.06. The molecule has 0 amide bonds. The van der Waals surface area contributed by atoms with Crippen molar-refractivity contribution in [2.24, 2.45) is 0 Å². The van der Waals surface area contributed by atoms with Gasteiger partial charge in [-0.1, -0.05) is 25.6 Å². The van der Waals surface area contributed by atoms with E-state index in [0.717, 1.165) is 12.0 Å². The van der Waals surface area contributed by atoms with Crippen LogP contribution in [0.1, 0.15) is 38.4 Å². The van der Waals surface area contributed by atoms with Crippen LogP contribution in [-0.4, -0.2) is 11.9 Å². The van der Waals surface area contributed by atoms with Crippen molar-refractivity contribution in [1.29, 1.82) is 0 Å². The van der Waals surface area contributed by atoms with E-state index < -0.39 is 6.10 Å². The van der Waals surface area contributed by atoms with Crippen LogP contribution in [-0.2, 0) is 14.3 Å². The summed E-state index contributed by atoms with van der Waals surface area (Å²) in [6.07, 6.45) is 2.21. The van der Waals surface area contributed by atoms with Crippen molar-refractivity contribution >= 4 is 11.9 Å². The fourth-order valence-electron chi connectivity index (χ4n) is 1.55. The van der Waals surface area contributed by atoms with Gasteiger partial charge in [-0.15, -0.1) is 0 Å². The number of benzene rings is 1. The Morgan fingerprint density at radius 3 is 2.42 bits per heavy atom. The van der Waals surface area contributed by atoms with Gasteiger partial charge in [-0.3, -0.25) is 9.59 Å². The predicted octanol–water partition coefficient (Wildman–Crippen LogP) is 3.18. The van der Waals surface area contributed by atoms with Gasteiger partial charge in [0.25, 0.3) is 0 Å². The highest BCUT2D eigenvalue weighted by Gasteiger charge is 2.13. The van der Waals surface area contributed by atoms with Crippen LogP contribution in [0.3, 0.4) is 0 Å². The smallest absolute Gasteiger partial charge is 0.308 e. The van der Waals surface area contributed by atoms with E-state index in [1.54, 1.807) is 30.3 Å². The first-order valence-electron chi connectivity index (χ1n) is 6.17. The van der Waals surface area contributed by atoms with Crippen LogP contribution in [0.15, 0.2) is 36.9 Å². The topological polar surface area (TPSA) is 52.6 Å². The molecule has 1 aromatic rings. The highest BCUT2D eigenvalue weighted by atomic mass is 16.5. The average Bonchev–Trinajstić information content (AvgIpc) is 2.37. The number of carbonyl (C=O) groups is 2. The van der Waals surface area contributed by atoms with Gasteiger partial charge in [0.15, 0.2) is 0 Å². The second-order valence-corrected chi connectivity index (χ2v) is 4.06. The molecule has 0 aliphatic rings. The first-order valence-corrected chi connectivity index (χ1v) is 6.17. The highest BCUT2D eigenvalue weighted by molar-refractivity contribution is 5.70. The van der Waals surface area contributed by atoms with Gasteiger partial charge in [-0.2, -0.15) is 0 Å². The molecule has 0 N–H and O–H groups in total. The molecular formula is C15H18O4. The molecule has 0 unspecified atom stereocenters. The number of hydrogen-bond acceptors (Lipinski definition) is 4. The Morgan fingerprint density at radius 1 is 1.32 bits per heavy atom. The maximum absolute atomic E-state index is 11.5. The van der Waals surface area contributed by atoms with E-state index >= 15 is 0 Å². The maximum atomic E-state index is 11.5. The molecule has 0 bridgehead atoms. The largest absolute Gasteiger partial charge is 0.453 e. The van der Waals surface area contributed by atoms with Gasteiger partial charge in [0.1, 0.15) is 11.9 Å². The van der Waals surface area contributed by atoms with E-state index in [4.69, 9.17) is 9.47 Å². The average molecular weight is 262 g/mol. The Kier molecular flexibility index (Phi) is 5.79. The van der Waals surface area contributed by atoms with E-state index in [1.165, 1.54) is 6.92 Å². The molecule has 0 aromatic heterocycles. The quantitative estimate of drug-likeness (QED) is 0.449. The fourth-order valence-corrected chi connectivity index (χ4v) is 1.55. The number of rotatable bonds is 6. The molecule has 0 heterocycles. The lowest BCUT2D eigenvalue weighted by Crippen LogP contribution is -2.09. The van der Waals surface area contributed by atoms with Crippen molar-refractivity contribution in [2.75, 3.05) is 0 Å². The minimum absolute atomic E-state index is 0.253. The van der Waals surface area contributed by atoms with E-state index in [9.17, 15) is 9.59 Å². The summed E-state index contributed by atoms with van der Waals surface area (Å²) in [6.45, 7) is 6.91. The van der Waals surface area contributed by atoms with Crippen molar-refractivity contribution < 1.29 is 19.1 Å². The van der Waals surface area contributed by atoms with Crippen LogP contribution in [0.5, 0.6) is 5.75 Å². The van der Waals surface area contributed by atoms with E-state index in [1.807, 2.05) is 6.92 Å². The van der Waals surface area contributed by atoms with E-state index in [2.05, 4.69) is 6.58 Å². The molecular weight excluding hydrogens is 244 g/mol. The zero-order valence-corrected chi connectivity index (χ0v) is 11.2. The van der Waals surface area contributed by atoms with Crippen LogP contribution in [0.25, 0.3) is 0 Å².